The smallest absolute Gasteiger partial charge is 0.344 e. The number of imidazole rings is 2. The van der Waals surface area contributed by atoms with Crippen LogP contribution in [0.2, 0.25) is 0 Å². The highest BCUT2D eigenvalue weighted by Crippen LogP contribution is 2.33. The van der Waals surface area contributed by atoms with Crippen LogP contribution in [0.1, 0.15) is 11.1 Å². The van der Waals surface area contributed by atoms with Crippen molar-refractivity contribution in [3.63, 3.8) is 0 Å². The first kappa shape index (κ1) is 19.9. The van der Waals surface area contributed by atoms with Gasteiger partial charge in [0.05, 0.1) is 40.0 Å². The van der Waals surface area contributed by atoms with E-state index in [1.54, 1.807) is 18.5 Å². The molecule has 0 bridgehead atoms. The van der Waals surface area contributed by atoms with Gasteiger partial charge in [-0.1, -0.05) is 35.9 Å². The summed E-state index contributed by atoms with van der Waals surface area (Å²) in [6, 6.07) is 18.0. The molecule has 2 N–H and O–H groups in total. The number of rotatable bonds is 3. The molecule has 3 aromatic carbocycles. The number of aromatic amines is 2. The number of H-pyrrole nitrogens is 2. The van der Waals surface area contributed by atoms with Crippen LogP contribution < -0.4 is 5.69 Å². The van der Waals surface area contributed by atoms with E-state index in [0.29, 0.717) is 11.0 Å². The van der Waals surface area contributed by atoms with Gasteiger partial charge in [-0.2, -0.15) is 13.2 Å². The fourth-order valence-corrected chi connectivity index (χ4v) is 3.87. The van der Waals surface area contributed by atoms with Crippen LogP contribution in [0.4, 0.5) is 13.2 Å². The largest absolute Gasteiger partial charge is 0.416 e. The highest BCUT2D eigenvalue weighted by molar-refractivity contribution is 5.86. The lowest BCUT2D eigenvalue weighted by atomic mass is 10.0. The van der Waals surface area contributed by atoms with Gasteiger partial charge in [0.1, 0.15) is 0 Å². The number of halogens is 3. The van der Waals surface area contributed by atoms with Crippen LogP contribution in [0.25, 0.3) is 39.2 Å². The Hall–Kier alpha value is -4.07. The first-order valence-electron chi connectivity index (χ1n) is 9.84. The van der Waals surface area contributed by atoms with Crippen molar-refractivity contribution < 1.29 is 13.2 Å². The maximum Gasteiger partial charge on any atom is 0.416 e. The molecule has 32 heavy (non-hydrogen) atoms. The Bertz CT molecular complexity index is 1510. The average molecular weight is 434 g/mol. The van der Waals surface area contributed by atoms with E-state index in [2.05, 4.69) is 15.0 Å². The first-order valence-corrected chi connectivity index (χ1v) is 9.84. The maximum atomic E-state index is 13.1. The molecule has 2 aromatic heterocycles. The Morgan fingerprint density at radius 1 is 0.938 bits per heavy atom. The SMILES string of the molecule is Cc1cccc(-c2nc[nH]c2-c2ccc3c(c2)[nH]c(=O)n3-c2cccc(C(F)(F)F)c2)c1. The van der Waals surface area contributed by atoms with E-state index in [1.807, 2.05) is 37.3 Å². The Morgan fingerprint density at radius 2 is 1.75 bits per heavy atom. The minimum Gasteiger partial charge on any atom is -0.344 e. The molecule has 0 radical (unpaired) electrons. The van der Waals surface area contributed by atoms with E-state index >= 15 is 0 Å². The second kappa shape index (κ2) is 7.26. The first-order chi connectivity index (χ1) is 15.3. The van der Waals surface area contributed by atoms with E-state index < -0.39 is 17.4 Å². The summed E-state index contributed by atoms with van der Waals surface area (Å²) in [5.74, 6) is 0. The zero-order valence-electron chi connectivity index (χ0n) is 16.9. The molecule has 0 saturated heterocycles. The van der Waals surface area contributed by atoms with Gasteiger partial charge in [0.25, 0.3) is 0 Å². The predicted molar refractivity (Wildman–Crippen MR) is 117 cm³/mol. The summed E-state index contributed by atoms with van der Waals surface area (Å²) >= 11 is 0. The number of nitrogens with one attached hydrogen (secondary N) is 2. The van der Waals surface area contributed by atoms with Gasteiger partial charge in [-0.3, -0.25) is 4.57 Å². The molecule has 0 aliphatic heterocycles. The normalized spacial score (nSPS) is 11.9. The van der Waals surface area contributed by atoms with Gasteiger partial charge in [0.15, 0.2) is 0 Å². The number of fused-ring (bicyclic) bond motifs is 1. The van der Waals surface area contributed by atoms with Crippen LogP contribution in [0, 0.1) is 6.92 Å². The topological polar surface area (TPSA) is 66.5 Å². The van der Waals surface area contributed by atoms with Crippen molar-refractivity contribution in [3.05, 3.63) is 94.7 Å². The minimum atomic E-state index is -4.49. The molecule has 160 valence electrons. The average Bonchev–Trinajstić information content (AvgIpc) is 3.36. The van der Waals surface area contributed by atoms with Gasteiger partial charge in [0.2, 0.25) is 0 Å². The van der Waals surface area contributed by atoms with Crippen molar-refractivity contribution in [2.45, 2.75) is 13.1 Å². The highest BCUT2D eigenvalue weighted by atomic mass is 19.4. The Balaban J connectivity index is 1.62. The summed E-state index contributed by atoms with van der Waals surface area (Å²) in [6.07, 6.45) is -2.89. The maximum absolute atomic E-state index is 13.1. The molecular formula is C24H17F3N4O. The van der Waals surface area contributed by atoms with Gasteiger partial charge in [0, 0.05) is 11.1 Å². The second-order valence-electron chi connectivity index (χ2n) is 7.54. The number of nitrogens with zero attached hydrogens (tertiary/aromatic N) is 2. The van der Waals surface area contributed by atoms with Crippen molar-refractivity contribution >= 4 is 11.0 Å². The fourth-order valence-electron chi connectivity index (χ4n) is 3.87. The summed E-state index contributed by atoms with van der Waals surface area (Å²) in [5, 5.41) is 0. The third-order valence-electron chi connectivity index (χ3n) is 5.33. The lowest BCUT2D eigenvalue weighted by Crippen LogP contribution is -2.15. The lowest BCUT2D eigenvalue weighted by Gasteiger charge is -2.10. The van der Waals surface area contributed by atoms with Gasteiger partial charge >= 0.3 is 11.9 Å². The molecule has 0 aliphatic rings. The third kappa shape index (κ3) is 3.39. The van der Waals surface area contributed by atoms with Crippen LogP contribution >= 0.6 is 0 Å². The lowest BCUT2D eigenvalue weighted by molar-refractivity contribution is -0.137. The van der Waals surface area contributed by atoms with E-state index in [4.69, 9.17) is 0 Å². The van der Waals surface area contributed by atoms with Gasteiger partial charge in [-0.05, 0) is 43.3 Å². The molecule has 0 spiro atoms. The van der Waals surface area contributed by atoms with Crippen molar-refractivity contribution in [1.82, 2.24) is 19.5 Å². The van der Waals surface area contributed by atoms with E-state index in [0.717, 1.165) is 40.2 Å². The Kier molecular flexibility index (Phi) is 4.51. The number of aromatic nitrogens is 4. The van der Waals surface area contributed by atoms with Gasteiger partial charge in [-0.15, -0.1) is 0 Å². The molecule has 0 saturated carbocycles. The molecule has 0 fully saturated rings. The van der Waals surface area contributed by atoms with Crippen LogP contribution in [0.5, 0.6) is 0 Å². The monoisotopic (exact) mass is 434 g/mol. The molecular weight excluding hydrogens is 417 g/mol. The second-order valence-corrected chi connectivity index (χ2v) is 7.54. The van der Waals surface area contributed by atoms with Crippen LogP contribution in [0.3, 0.4) is 0 Å². The number of benzene rings is 3. The summed E-state index contributed by atoms with van der Waals surface area (Å²) in [4.78, 5) is 23.0. The standard InChI is InChI=1S/C24H17F3N4O/c1-14-4-2-5-15(10-14)21-22(29-13-28-21)16-8-9-20-19(11-16)30-23(32)31(20)18-7-3-6-17(12-18)24(25,26)27/h2-13H,1H3,(H,28,29)(H,30,32). The zero-order chi connectivity index (χ0) is 22.5. The third-order valence-corrected chi connectivity index (χ3v) is 5.33. The van der Waals surface area contributed by atoms with E-state index in [1.165, 1.54) is 16.7 Å². The van der Waals surface area contributed by atoms with E-state index in [-0.39, 0.29) is 5.69 Å². The Labute approximate surface area is 180 Å². The molecule has 5 rings (SSSR count). The Morgan fingerprint density at radius 3 is 2.53 bits per heavy atom. The van der Waals surface area contributed by atoms with Crippen LogP contribution in [-0.2, 0) is 6.18 Å². The molecule has 0 unspecified atom stereocenters. The minimum absolute atomic E-state index is 0.144. The van der Waals surface area contributed by atoms with Crippen molar-refractivity contribution in [3.8, 4) is 28.2 Å². The summed E-state index contributed by atoms with van der Waals surface area (Å²) < 4.78 is 40.6. The van der Waals surface area contributed by atoms with Crippen LogP contribution in [0.15, 0.2) is 77.9 Å². The van der Waals surface area contributed by atoms with E-state index in [9.17, 15) is 18.0 Å². The molecule has 2 heterocycles. The van der Waals surface area contributed by atoms with Gasteiger partial charge < -0.3 is 9.97 Å². The summed E-state index contributed by atoms with van der Waals surface area (Å²) in [6.45, 7) is 2.00. The van der Waals surface area contributed by atoms with Crippen molar-refractivity contribution in [1.29, 1.82) is 0 Å². The number of hydrogen-bond donors (Lipinski definition) is 2. The highest BCUT2D eigenvalue weighted by Gasteiger charge is 2.30. The summed E-state index contributed by atoms with van der Waals surface area (Å²) in [5.41, 5.74) is 4.22. The predicted octanol–water partition coefficient (Wildman–Crippen LogP) is 5.70. The number of aryl methyl sites for hydroxylation is 1. The van der Waals surface area contributed by atoms with Crippen LogP contribution in [-0.4, -0.2) is 19.5 Å². The zero-order valence-corrected chi connectivity index (χ0v) is 16.9. The molecule has 0 aliphatic carbocycles. The molecule has 5 nitrogen and oxygen atoms in total. The van der Waals surface area contributed by atoms with Gasteiger partial charge in [-0.25, -0.2) is 9.78 Å². The summed E-state index contributed by atoms with van der Waals surface area (Å²) in [7, 11) is 0. The molecule has 0 atom stereocenters. The number of alkyl halides is 3. The fraction of sp³-hybridized carbons (Fsp3) is 0.0833. The van der Waals surface area contributed by atoms with Crippen molar-refractivity contribution in [2.75, 3.05) is 0 Å². The molecule has 8 heteroatoms. The number of hydrogen-bond acceptors (Lipinski definition) is 2. The van der Waals surface area contributed by atoms with Crippen molar-refractivity contribution in [2.24, 2.45) is 0 Å². The molecule has 0 amide bonds. The quantitative estimate of drug-likeness (QED) is 0.382. The molecule has 5 aromatic rings.